The topological polar surface area (TPSA) is 77.4 Å². The number of anilines is 1. The van der Waals surface area contributed by atoms with E-state index in [1.54, 1.807) is 24.4 Å². The number of aromatic amines is 1. The Bertz CT molecular complexity index is 1160. The first kappa shape index (κ1) is 16.3. The fraction of sp³-hybridized carbons (Fsp3) is 0.105. The standard InChI is InChI=1S/C19H13ClFN5/c20-12-1-3-15-14(7-12)19(11(9-22)10-24-15)23-6-5-18-25-16-4-2-13(21)8-17(16)26-18/h1-4,7-8,10H,5-6H2,(H,23,24)(H,25,26). The van der Waals surface area contributed by atoms with Gasteiger partial charge < -0.3 is 10.3 Å². The molecule has 2 N–H and O–H groups in total. The molecule has 4 aromatic rings. The third-order valence-electron chi connectivity index (χ3n) is 4.11. The molecule has 0 radical (unpaired) electrons. The Hall–Kier alpha value is -3.17. The van der Waals surface area contributed by atoms with E-state index < -0.39 is 0 Å². The Morgan fingerprint density at radius 2 is 2.04 bits per heavy atom. The van der Waals surface area contributed by atoms with Crippen molar-refractivity contribution in [1.29, 1.82) is 5.26 Å². The van der Waals surface area contributed by atoms with Crippen molar-refractivity contribution in [3.05, 3.63) is 64.8 Å². The first-order valence-electron chi connectivity index (χ1n) is 8.00. The zero-order chi connectivity index (χ0) is 18.1. The van der Waals surface area contributed by atoms with Gasteiger partial charge in [-0.05, 0) is 36.4 Å². The molecule has 4 rings (SSSR count). The summed E-state index contributed by atoms with van der Waals surface area (Å²) in [4.78, 5) is 11.8. The highest BCUT2D eigenvalue weighted by molar-refractivity contribution is 6.31. The molecule has 7 heteroatoms. The van der Waals surface area contributed by atoms with Crippen LogP contribution in [0.5, 0.6) is 0 Å². The molecule has 0 atom stereocenters. The van der Waals surface area contributed by atoms with Gasteiger partial charge in [-0.1, -0.05) is 11.6 Å². The summed E-state index contributed by atoms with van der Waals surface area (Å²) in [6.07, 6.45) is 2.13. The molecular weight excluding hydrogens is 353 g/mol. The van der Waals surface area contributed by atoms with Crippen LogP contribution in [0.4, 0.5) is 10.1 Å². The molecule has 0 bridgehead atoms. The van der Waals surface area contributed by atoms with E-state index in [9.17, 15) is 9.65 Å². The van der Waals surface area contributed by atoms with Gasteiger partial charge in [-0.2, -0.15) is 5.26 Å². The summed E-state index contributed by atoms with van der Waals surface area (Å²) >= 11 is 6.09. The van der Waals surface area contributed by atoms with Crippen molar-refractivity contribution in [3.8, 4) is 6.07 Å². The molecule has 0 unspecified atom stereocenters. The second-order valence-electron chi connectivity index (χ2n) is 5.84. The molecule has 2 aromatic heterocycles. The number of aromatic nitrogens is 3. The molecule has 0 aliphatic heterocycles. The molecule has 0 saturated carbocycles. The number of nitrogens with one attached hydrogen (secondary N) is 2. The van der Waals surface area contributed by atoms with Crippen molar-refractivity contribution in [2.24, 2.45) is 0 Å². The van der Waals surface area contributed by atoms with Crippen LogP contribution < -0.4 is 5.32 Å². The molecule has 0 aliphatic carbocycles. The minimum absolute atomic E-state index is 0.301. The average molecular weight is 366 g/mol. The summed E-state index contributed by atoms with van der Waals surface area (Å²) in [6, 6.07) is 12.0. The van der Waals surface area contributed by atoms with Crippen molar-refractivity contribution in [1.82, 2.24) is 15.0 Å². The number of hydrogen-bond donors (Lipinski definition) is 2. The van der Waals surface area contributed by atoms with Gasteiger partial charge in [-0.25, -0.2) is 9.37 Å². The second-order valence-corrected chi connectivity index (χ2v) is 6.28. The summed E-state index contributed by atoms with van der Waals surface area (Å²) in [5, 5.41) is 14.0. The third-order valence-corrected chi connectivity index (χ3v) is 4.34. The normalized spacial score (nSPS) is 11.0. The van der Waals surface area contributed by atoms with Crippen molar-refractivity contribution < 1.29 is 4.39 Å². The van der Waals surface area contributed by atoms with Crippen LogP contribution >= 0.6 is 11.6 Å². The van der Waals surface area contributed by atoms with Crippen LogP contribution in [0.3, 0.4) is 0 Å². The van der Waals surface area contributed by atoms with Crippen molar-refractivity contribution >= 4 is 39.2 Å². The minimum atomic E-state index is -0.301. The summed E-state index contributed by atoms with van der Waals surface area (Å²) in [6.45, 7) is 0.544. The van der Waals surface area contributed by atoms with Gasteiger partial charge in [0.15, 0.2) is 0 Å². The van der Waals surface area contributed by atoms with Gasteiger partial charge in [0.1, 0.15) is 17.7 Å². The second kappa shape index (κ2) is 6.62. The predicted octanol–water partition coefficient (Wildman–Crippen LogP) is 4.43. The van der Waals surface area contributed by atoms with E-state index >= 15 is 0 Å². The Morgan fingerprint density at radius 1 is 1.19 bits per heavy atom. The number of H-pyrrole nitrogens is 1. The summed E-state index contributed by atoms with van der Waals surface area (Å²) < 4.78 is 13.3. The molecule has 5 nitrogen and oxygen atoms in total. The maximum absolute atomic E-state index is 13.3. The summed E-state index contributed by atoms with van der Waals surface area (Å²) in [5.41, 5.74) is 3.29. The van der Waals surface area contributed by atoms with Gasteiger partial charge in [0.05, 0.1) is 27.8 Å². The number of benzene rings is 2. The van der Waals surface area contributed by atoms with Gasteiger partial charge in [0.2, 0.25) is 0 Å². The summed E-state index contributed by atoms with van der Waals surface area (Å²) in [7, 11) is 0. The fourth-order valence-corrected chi connectivity index (χ4v) is 3.07. The lowest BCUT2D eigenvalue weighted by Crippen LogP contribution is -2.08. The lowest BCUT2D eigenvalue weighted by molar-refractivity contribution is 0.629. The van der Waals surface area contributed by atoms with E-state index in [1.165, 1.54) is 12.1 Å². The van der Waals surface area contributed by atoms with Crippen molar-refractivity contribution in [3.63, 3.8) is 0 Å². The molecule has 0 saturated heterocycles. The molecule has 0 aliphatic rings. The first-order valence-corrected chi connectivity index (χ1v) is 8.38. The Labute approximate surface area is 153 Å². The first-order chi connectivity index (χ1) is 12.6. The highest BCUT2D eigenvalue weighted by atomic mass is 35.5. The van der Waals surface area contributed by atoms with E-state index in [2.05, 4.69) is 26.3 Å². The summed E-state index contributed by atoms with van der Waals surface area (Å²) in [5.74, 6) is 0.442. The van der Waals surface area contributed by atoms with Gasteiger partial charge in [-0.3, -0.25) is 4.98 Å². The van der Waals surface area contributed by atoms with Gasteiger partial charge >= 0.3 is 0 Å². The van der Waals surface area contributed by atoms with E-state index in [0.29, 0.717) is 34.8 Å². The van der Waals surface area contributed by atoms with Gasteiger partial charge in [-0.15, -0.1) is 0 Å². The van der Waals surface area contributed by atoms with E-state index in [0.717, 1.165) is 22.2 Å². The Morgan fingerprint density at radius 3 is 2.88 bits per heavy atom. The highest BCUT2D eigenvalue weighted by Crippen LogP contribution is 2.28. The van der Waals surface area contributed by atoms with Crippen LogP contribution in [-0.4, -0.2) is 21.5 Å². The Balaban J connectivity index is 1.59. The number of nitrogens with zero attached hydrogens (tertiary/aromatic N) is 3. The molecular formula is C19H13ClFN5. The number of rotatable bonds is 4. The van der Waals surface area contributed by atoms with Crippen LogP contribution in [0.1, 0.15) is 11.4 Å². The Kier molecular flexibility index (Phi) is 4.15. The monoisotopic (exact) mass is 365 g/mol. The van der Waals surface area contributed by atoms with Gasteiger partial charge in [0, 0.05) is 29.6 Å². The van der Waals surface area contributed by atoms with Gasteiger partial charge in [0.25, 0.3) is 0 Å². The van der Waals surface area contributed by atoms with Crippen molar-refractivity contribution in [2.45, 2.75) is 6.42 Å². The zero-order valence-electron chi connectivity index (χ0n) is 13.6. The number of pyridine rings is 1. The number of hydrogen-bond acceptors (Lipinski definition) is 4. The lowest BCUT2D eigenvalue weighted by Gasteiger charge is -2.11. The van der Waals surface area contributed by atoms with Crippen LogP contribution in [0.2, 0.25) is 5.02 Å². The van der Waals surface area contributed by atoms with E-state index in [1.807, 2.05) is 6.07 Å². The van der Waals surface area contributed by atoms with Crippen LogP contribution in [0, 0.1) is 17.1 Å². The predicted molar refractivity (Wildman–Crippen MR) is 99.7 cm³/mol. The van der Waals surface area contributed by atoms with Crippen LogP contribution in [0.15, 0.2) is 42.6 Å². The number of nitriles is 1. The number of imidazole rings is 1. The average Bonchev–Trinajstić information content (AvgIpc) is 3.03. The fourth-order valence-electron chi connectivity index (χ4n) is 2.90. The molecule has 0 spiro atoms. The van der Waals surface area contributed by atoms with E-state index in [-0.39, 0.29) is 5.82 Å². The molecule has 2 heterocycles. The number of halogens is 2. The maximum Gasteiger partial charge on any atom is 0.125 e. The molecule has 0 fully saturated rings. The smallest absolute Gasteiger partial charge is 0.125 e. The minimum Gasteiger partial charge on any atom is -0.383 e. The molecule has 2 aromatic carbocycles. The van der Waals surface area contributed by atoms with Crippen LogP contribution in [-0.2, 0) is 6.42 Å². The highest BCUT2D eigenvalue weighted by Gasteiger charge is 2.10. The maximum atomic E-state index is 13.3. The van der Waals surface area contributed by atoms with Crippen molar-refractivity contribution in [2.75, 3.05) is 11.9 Å². The SMILES string of the molecule is N#Cc1cnc2ccc(Cl)cc2c1NCCc1nc2ccc(F)cc2[nH]1. The largest absolute Gasteiger partial charge is 0.383 e. The lowest BCUT2D eigenvalue weighted by atomic mass is 10.1. The van der Waals surface area contributed by atoms with Crippen LogP contribution in [0.25, 0.3) is 21.9 Å². The molecule has 0 amide bonds. The third kappa shape index (κ3) is 3.05. The van der Waals surface area contributed by atoms with E-state index in [4.69, 9.17) is 11.6 Å². The quantitative estimate of drug-likeness (QED) is 0.561. The number of fused-ring (bicyclic) bond motifs is 2. The molecule has 128 valence electrons. The molecule has 26 heavy (non-hydrogen) atoms. The zero-order valence-corrected chi connectivity index (χ0v) is 14.3.